The lowest BCUT2D eigenvalue weighted by atomic mass is 9.82. The standard InChI is InChI=1S/C29H33NO5/c1-22(2)29(33,19-27(31)34-20-24-9-5-3-6-10-24)18-17-23-13-15-26(16-14-23)30-28(32)35-21-25-11-7-4-8-12-25/h3-16,22,33H,17-21H2,1-2H3,(H,30,32)/t29-/m0/s1. The minimum atomic E-state index is -1.17. The Morgan fingerprint density at radius 2 is 1.34 bits per heavy atom. The number of aryl methyl sites for hydroxylation is 1. The summed E-state index contributed by atoms with van der Waals surface area (Å²) in [5.41, 5.74) is 2.26. The van der Waals surface area contributed by atoms with Gasteiger partial charge in [0.2, 0.25) is 0 Å². The van der Waals surface area contributed by atoms with Gasteiger partial charge in [-0.1, -0.05) is 86.6 Å². The lowest BCUT2D eigenvalue weighted by molar-refractivity contribution is -0.153. The van der Waals surface area contributed by atoms with Gasteiger partial charge in [0.25, 0.3) is 0 Å². The summed E-state index contributed by atoms with van der Waals surface area (Å²) in [6, 6.07) is 26.3. The molecule has 0 aliphatic carbocycles. The largest absolute Gasteiger partial charge is 0.461 e. The number of carbonyl (C=O) groups excluding carboxylic acids is 2. The average molecular weight is 476 g/mol. The van der Waals surface area contributed by atoms with Crippen LogP contribution in [-0.4, -0.2) is 22.8 Å². The third kappa shape index (κ3) is 8.58. The van der Waals surface area contributed by atoms with Gasteiger partial charge in [0.1, 0.15) is 13.2 Å². The van der Waals surface area contributed by atoms with E-state index in [1.165, 1.54) is 0 Å². The molecule has 0 spiro atoms. The van der Waals surface area contributed by atoms with Crippen LogP contribution in [0.5, 0.6) is 0 Å². The van der Waals surface area contributed by atoms with Gasteiger partial charge in [0.05, 0.1) is 12.0 Å². The van der Waals surface area contributed by atoms with Crippen LogP contribution < -0.4 is 5.32 Å². The molecule has 184 valence electrons. The maximum Gasteiger partial charge on any atom is 0.411 e. The smallest absolute Gasteiger partial charge is 0.411 e. The molecule has 6 nitrogen and oxygen atoms in total. The van der Waals surface area contributed by atoms with Crippen LogP contribution >= 0.6 is 0 Å². The van der Waals surface area contributed by atoms with Gasteiger partial charge in [-0.3, -0.25) is 10.1 Å². The van der Waals surface area contributed by atoms with E-state index in [4.69, 9.17) is 9.47 Å². The number of amides is 1. The summed E-state index contributed by atoms with van der Waals surface area (Å²) >= 11 is 0. The second-order valence-corrected chi connectivity index (χ2v) is 8.96. The van der Waals surface area contributed by atoms with Gasteiger partial charge >= 0.3 is 12.1 Å². The first-order valence-corrected chi connectivity index (χ1v) is 11.8. The summed E-state index contributed by atoms with van der Waals surface area (Å²) in [6.45, 7) is 4.19. The number of benzene rings is 3. The number of carbonyl (C=O) groups is 2. The first-order chi connectivity index (χ1) is 16.8. The fourth-order valence-electron chi connectivity index (χ4n) is 3.61. The molecular weight excluding hydrogens is 442 g/mol. The number of ether oxygens (including phenoxy) is 2. The van der Waals surface area contributed by atoms with Gasteiger partial charge in [-0.25, -0.2) is 4.79 Å². The van der Waals surface area contributed by atoms with Crippen molar-refractivity contribution < 1.29 is 24.2 Å². The van der Waals surface area contributed by atoms with Crippen molar-refractivity contribution in [2.45, 2.75) is 51.9 Å². The lowest BCUT2D eigenvalue weighted by Gasteiger charge is -2.31. The Balaban J connectivity index is 1.47. The Morgan fingerprint density at radius 1 is 0.800 bits per heavy atom. The molecule has 1 amide bonds. The number of anilines is 1. The average Bonchev–Trinajstić information content (AvgIpc) is 2.87. The molecule has 0 bridgehead atoms. The van der Waals surface area contributed by atoms with Crippen molar-refractivity contribution in [1.29, 1.82) is 0 Å². The maximum absolute atomic E-state index is 12.4. The third-order valence-corrected chi connectivity index (χ3v) is 6.03. The number of esters is 1. The van der Waals surface area contributed by atoms with E-state index in [-0.39, 0.29) is 25.6 Å². The molecule has 6 heteroatoms. The minimum Gasteiger partial charge on any atom is -0.461 e. The van der Waals surface area contributed by atoms with E-state index < -0.39 is 17.7 Å². The highest BCUT2D eigenvalue weighted by Gasteiger charge is 2.34. The molecular formula is C29H33NO5. The van der Waals surface area contributed by atoms with Crippen LogP contribution in [0, 0.1) is 5.92 Å². The zero-order valence-corrected chi connectivity index (χ0v) is 20.3. The molecule has 2 N–H and O–H groups in total. The number of hydrogen-bond donors (Lipinski definition) is 2. The normalized spacial score (nSPS) is 12.6. The van der Waals surface area contributed by atoms with Crippen molar-refractivity contribution in [2.24, 2.45) is 5.92 Å². The van der Waals surface area contributed by atoms with E-state index in [2.05, 4.69) is 5.32 Å². The van der Waals surface area contributed by atoms with E-state index in [0.717, 1.165) is 16.7 Å². The van der Waals surface area contributed by atoms with Crippen molar-refractivity contribution in [1.82, 2.24) is 0 Å². The van der Waals surface area contributed by atoms with Gasteiger partial charge in [-0.2, -0.15) is 0 Å². The quantitative estimate of drug-likeness (QED) is 0.338. The Morgan fingerprint density at radius 3 is 1.89 bits per heavy atom. The van der Waals surface area contributed by atoms with Crippen LogP contribution in [0.1, 0.15) is 43.4 Å². The summed E-state index contributed by atoms with van der Waals surface area (Å²) in [5.74, 6) is -0.536. The van der Waals surface area contributed by atoms with Crippen molar-refractivity contribution >= 4 is 17.7 Å². The third-order valence-electron chi connectivity index (χ3n) is 6.03. The summed E-state index contributed by atoms with van der Waals surface area (Å²) in [6.07, 6.45) is 0.408. The second kappa shape index (κ2) is 12.7. The lowest BCUT2D eigenvalue weighted by Crippen LogP contribution is -2.38. The van der Waals surface area contributed by atoms with Crippen LogP contribution in [0.4, 0.5) is 10.5 Å². The highest BCUT2D eigenvalue weighted by atomic mass is 16.5. The summed E-state index contributed by atoms with van der Waals surface area (Å²) < 4.78 is 10.6. The van der Waals surface area contributed by atoms with E-state index in [9.17, 15) is 14.7 Å². The predicted octanol–water partition coefficient (Wildman–Crippen LogP) is 5.89. The fraction of sp³-hybridized carbons (Fsp3) is 0.310. The topological polar surface area (TPSA) is 84.9 Å². The van der Waals surface area contributed by atoms with Crippen LogP contribution in [0.3, 0.4) is 0 Å². The summed E-state index contributed by atoms with van der Waals surface area (Å²) in [5, 5.41) is 13.9. The molecule has 0 saturated carbocycles. The molecule has 0 heterocycles. The highest BCUT2D eigenvalue weighted by molar-refractivity contribution is 5.84. The van der Waals surface area contributed by atoms with Gasteiger partial charge in [0.15, 0.2) is 0 Å². The van der Waals surface area contributed by atoms with E-state index in [0.29, 0.717) is 18.5 Å². The van der Waals surface area contributed by atoms with E-state index in [1.54, 1.807) is 12.1 Å². The Labute approximate surface area is 206 Å². The van der Waals surface area contributed by atoms with Gasteiger partial charge in [0, 0.05) is 5.69 Å². The molecule has 3 aromatic rings. The van der Waals surface area contributed by atoms with Crippen LogP contribution in [0.25, 0.3) is 0 Å². The van der Waals surface area contributed by atoms with E-state index >= 15 is 0 Å². The molecule has 0 saturated heterocycles. The van der Waals surface area contributed by atoms with Crippen molar-refractivity contribution in [3.8, 4) is 0 Å². The SMILES string of the molecule is CC(C)[C@](O)(CCc1ccc(NC(=O)OCc2ccccc2)cc1)CC(=O)OCc1ccccc1. The molecule has 3 rings (SSSR count). The van der Waals surface area contributed by atoms with Crippen molar-refractivity contribution in [3.63, 3.8) is 0 Å². The van der Waals surface area contributed by atoms with Crippen LogP contribution in [-0.2, 0) is 33.9 Å². The number of rotatable bonds is 11. The molecule has 3 aromatic carbocycles. The van der Waals surface area contributed by atoms with Crippen molar-refractivity contribution in [2.75, 3.05) is 5.32 Å². The van der Waals surface area contributed by atoms with Crippen molar-refractivity contribution in [3.05, 3.63) is 102 Å². The van der Waals surface area contributed by atoms with Gasteiger partial charge < -0.3 is 14.6 Å². The molecule has 1 atom stereocenters. The zero-order chi connectivity index (χ0) is 25.1. The van der Waals surface area contributed by atoms with Gasteiger partial charge in [-0.15, -0.1) is 0 Å². The molecule has 0 aromatic heterocycles. The Kier molecular flexibility index (Phi) is 9.44. The fourth-order valence-corrected chi connectivity index (χ4v) is 3.61. The molecule has 35 heavy (non-hydrogen) atoms. The summed E-state index contributed by atoms with van der Waals surface area (Å²) in [7, 11) is 0. The Bertz CT molecular complexity index is 1070. The summed E-state index contributed by atoms with van der Waals surface area (Å²) in [4.78, 5) is 24.4. The number of nitrogens with one attached hydrogen (secondary N) is 1. The van der Waals surface area contributed by atoms with E-state index in [1.807, 2.05) is 86.6 Å². The highest BCUT2D eigenvalue weighted by Crippen LogP contribution is 2.28. The molecule has 0 aliphatic rings. The number of aliphatic hydroxyl groups is 1. The maximum atomic E-state index is 12.4. The Hall–Kier alpha value is -3.64. The number of hydrogen-bond acceptors (Lipinski definition) is 5. The predicted molar refractivity (Wildman–Crippen MR) is 136 cm³/mol. The first kappa shape index (κ1) is 26.0. The molecule has 0 aliphatic heterocycles. The minimum absolute atomic E-state index is 0.0651. The molecule has 0 fully saturated rings. The zero-order valence-electron chi connectivity index (χ0n) is 20.3. The first-order valence-electron chi connectivity index (χ1n) is 11.8. The van der Waals surface area contributed by atoms with Crippen LogP contribution in [0.15, 0.2) is 84.9 Å². The second-order valence-electron chi connectivity index (χ2n) is 8.96. The van der Waals surface area contributed by atoms with Gasteiger partial charge in [-0.05, 0) is 47.6 Å². The molecule has 0 unspecified atom stereocenters. The molecule has 0 radical (unpaired) electrons. The monoisotopic (exact) mass is 475 g/mol. The van der Waals surface area contributed by atoms with Crippen LogP contribution in [0.2, 0.25) is 0 Å².